The summed E-state index contributed by atoms with van der Waals surface area (Å²) >= 11 is 0. The molecule has 1 amide bonds. The fraction of sp³-hybridized carbons (Fsp3) is 0.538. The van der Waals surface area contributed by atoms with E-state index in [1.165, 1.54) is 0 Å². The summed E-state index contributed by atoms with van der Waals surface area (Å²) in [7, 11) is -3.95. The Morgan fingerprint density at radius 3 is 2.66 bits per heavy atom. The molecule has 2 aromatic rings. The van der Waals surface area contributed by atoms with Crippen molar-refractivity contribution < 1.29 is 32.6 Å². The third-order valence-corrected chi connectivity index (χ3v) is 4.75. The number of hydrogen-bond acceptors (Lipinski definition) is 10. The Bertz CT molecular complexity index is 1190. The van der Waals surface area contributed by atoms with Crippen molar-refractivity contribution in [2.45, 2.75) is 31.2 Å². The fourth-order valence-electron chi connectivity index (χ4n) is 3.03. The molecular formula is C13H17FN6O8S. The van der Waals surface area contributed by atoms with Gasteiger partial charge < -0.3 is 20.7 Å². The molecule has 1 saturated heterocycles. The number of aliphatic hydroxyl groups excluding tert-OH is 2. The summed E-state index contributed by atoms with van der Waals surface area (Å²) in [5.41, 5.74) is 2.50. The highest BCUT2D eigenvalue weighted by atomic mass is 32.2. The van der Waals surface area contributed by atoms with Gasteiger partial charge in [-0.2, -0.15) is 4.98 Å². The van der Waals surface area contributed by atoms with Crippen LogP contribution in [0.3, 0.4) is 0 Å². The molecule has 0 unspecified atom stereocenters. The zero-order valence-electron chi connectivity index (χ0n) is 14.8. The van der Waals surface area contributed by atoms with E-state index in [2.05, 4.69) is 9.97 Å². The van der Waals surface area contributed by atoms with E-state index in [0.717, 1.165) is 0 Å². The number of nitrogens with one attached hydrogen (secondary N) is 2. The summed E-state index contributed by atoms with van der Waals surface area (Å²) < 4.78 is 44.5. The molecule has 3 rings (SSSR count). The molecule has 0 radical (unpaired) electrons. The van der Waals surface area contributed by atoms with E-state index in [-0.39, 0.29) is 0 Å². The molecule has 0 bridgehead atoms. The topological polar surface area (TPSA) is 212 Å². The van der Waals surface area contributed by atoms with Gasteiger partial charge in [-0.15, -0.1) is 0 Å². The highest BCUT2D eigenvalue weighted by Crippen LogP contribution is 2.32. The fourth-order valence-corrected chi connectivity index (χ4v) is 3.51. The normalized spacial score (nSPS) is 24.8. The largest absolute Gasteiger partial charge is 0.394 e. The smallest absolute Gasteiger partial charge is 0.333 e. The molecular weight excluding hydrogens is 419 g/mol. The first-order valence-corrected chi connectivity index (χ1v) is 9.93. The molecule has 2 aromatic heterocycles. The molecule has 6 N–H and O–H groups in total. The number of halogens is 1. The van der Waals surface area contributed by atoms with Crippen LogP contribution in [0.2, 0.25) is 0 Å². The molecule has 1 aliphatic rings. The first kappa shape index (κ1) is 20.9. The first-order chi connectivity index (χ1) is 13.4. The number of aromatic nitrogens is 4. The third-order valence-electron chi connectivity index (χ3n) is 4.15. The summed E-state index contributed by atoms with van der Waals surface area (Å²) in [6, 6.07) is 0. The van der Waals surface area contributed by atoms with E-state index in [4.69, 9.17) is 15.6 Å². The molecule has 0 saturated carbocycles. The number of nitrogen functional groups attached to an aromatic ring is 1. The summed E-state index contributed by atoms with van der Waals surface area (Å²) in [6.07, 6.45) is -6.39. The van der Waals surface area contributed by atoms with E-state index in [1.807, 2.05) is 0 Å². The lowest BCUT2D eigenvalue weighted by atomic mass is 10.1. The minimum Gasteiger partial charge on any atom is -0.394 e. The van der Waals surface area contributed by atoms with Gasteiger partial charge in [0.25, 0.3) is 11.5 Å². The summed E-state index contributed by atoms with van der Waals surface area (Å²) in [4.78, 5) is 43.1. The molecule has 0 aliphatic carbocycles. The Balaban J connectivity index is 2.19. The minimum absolute atomic E-state index is 0.419. The molecule has 1 aliphatic heterocycles. The van der Waals surface area contributed by atoms with Crippen molar-refractivity contribution >= 4 is 33.0 Å². The molecule has 160 valence electrons. The van der Waals surface area contributed by atoms with Gasteiger partial charge >= 0.3 is 5.69 Å². The average Bonchev–Trinajstić information content (AvgIpc) is 3.01. The number of amides is 1. The van der Waals surface area contributed by atoms with E-state index in [9.17, 15) is 32.3 Å². The van der Waals surface area contributed by atoms with Crippen LogP contribution in [0.4, 0.5) is 10.3 Å². The number of aromatic amines is 1. The van der Waals surface area contributed by atoms with Crippen LogP contribution in [-0.4, -0.2) is 74.9 Å². The van der Waals surface area contributed by atoms with Crippen molar-refractivity contribution in [3.05, 3.63) is 20.8 Å². The molecule has 4 atom stereocenters. The number of anilines is 1. The zero-order chi connectivity index (χ0) is 21.7. The number of nitrogens with two attached hydrogens (primary N) is 1. The molecule has 14 nitrogen and oxygen atoms in total. The van der Waals surface area contributed by atoms with Crippen LogP contribution in [0.15, 0.2) is 9.59 Å². The number of carbonyl (C=O) groups is 1. The van der Waals surface area contributed by atoms with Crippen LogP contribution >= 0.6 is 0 Å². The molecule has 0 aromatic carbocycles. The van der Waals surface area contributed by atoms with E-state index in [0.29, 0.717) is 15.4 Å². The van der Waals surface area contributed by atoms with Gasteiger partial charge in [0.05, 0.1) is 12.9 Å². The maximum absolute atomic E-state index is 14.1. The molecule has 0 spiro atoms. The monoisotopic (exact) mass is 436 g/mol. The van der Waals surface area contributed by atoms with Gasteiger partial charge in [-0.05, 0) is 0 Å². The lowest BCUT2D eigenvalue weighted by Gasteiger charge is -2.15. The van der Waals surface area contributed by atoms with Crippen LogP contribution < -0.4 is 21.7 Å². The van der Waals surface area contributed by atoms with Gasteiger partial charge in [-0.25, -0.2) is 22.2 Å². The summed E-state index contributed by atoms with van der Waals surface area (Å²) in [6.45, 7) is -1.70. The number of H-pyrrole nitrogens is 1. The highest BCUT2D eigenvalue weighted by Gasteiger charge is 2.46. The predicted octanol–water partition coefficient (Wildman–Crippen LogP) is -3.87. The highest BCUT2D eigenvalue weighted by molar-refractivity contribution is 7.89. The Labute approximate surface area is 160 Å². The van der Waals surface area contributed by atoms with Crippen molar-refractivity contribution in [2.24, 2.45) is 0 Å². The molecule has 1 fully saturated rings. The average molecular weight is 436 g/mol. The number of ether oxygens (including phenoxy) is 1. The standard InChI is InChI=1S/C13H17FN6O8S/c1-29(26,27)18-5(22)2-19-7-9(16-12(15)17-10(7)24)20(13(19)25)11-8(23)6(14)4(3-21)28-11/h4,6,8,11,21,23H,2-3H2,1H3,(H,18,22)(H3,15,16,17,24)/t4-,6-,8-,11-/m1/s1. The summed E-state index contributed by atoms with van der Waals surface area (Å²) in [5.74, 6) is -1.56. The van der Waals surface area contributed by atoms with E-state index < -0.39 is 82.1 Å². The van der Waals surface area contributed by atoms with Crippen molar-refractivity contribution in [2.75, 3.05) is 18.6 Å². The van der Waals surface area contributed by atoms with Crippen LogP contribution in [-0.2, 0) is 26.1 Å². The lowest BCUT2D eigenvalue weighted by Crippen LogP contribution is -2.38. The van der Waals surface area contributed by atoms with Crippen LogP contribution in [0.25, 0.3) is 11.2 Å². The van der Waals surface area contributed by atoms with Gasteiger partial charge in [0, 0.05) is 0 Å². The molecule has 16 heteroatoms. The minimum atomic E-state index is -3.95. The zero-order valence-corrected chi connectivity index (χ0v) is 15.6. The SMILES string of the molecule is CS(=O)(=O)NC(=O)Cn1c(=O)n([C@@H]2O[C@H](CO)[C@@H](F)[C@H]2O)c2nc(N)[nH]c(=O)c21. The van der Waals surface area contributed by atoms with Gasteiger partial charge in [-0.3, -0.25) is 23.9 Å². The maximum atomic E-state index is 14.1. The van der Waals surface area contributed by atoms with Crippen molar-refractivity contribution in [3.63, 3.8) is 0 Å². The maximum Gasteiger partial charge on any atom is 0.333 e. The number of sulfonamides is 1. The van der Waals surface area contributed by atoms with E-state index in [1.54, 1.807) is 4.72 Å². The number of fused-ring (bicyclic) bond motifs is 1. The van der Waals surface area contributed by atoms with Crippen LogP contribution in [0.5, 0.6) is 0 Å². The second-order valence-electron chi connectivity index (χ2n) is 6.34. The van der Waals surface area contributed by atoms with Crippen LogP contribution in [0.1, 0.15) is 6.23 Å². The van der Waals surface area contributed by atoms with Gasteiger partial charge in [0.2, 0.25) is 16.0 Å². The summed E-state index contributed by atoms with van der Waals surface area (Å²) in [5, 5.41) is 19.2. The van der Waals surface area contributed by atoms with Gasteiger partial charge in [0.15, 0.2) is 23.6 Å². The Kier molecular flexibility index (Phi) is 5.20. The number of alkyl halides is 1. The lowest BCUT2D eigenvalue weighted by molar-refractivity contribution is -0.119. The number of carbonyl (C=O) groups excluding carboxylic acids is 1. The number of imidazole rings is 1. The number of rotatable bonds is 5. The Morgan fingerprint density at radius 2 is 2.10 bits per heavy atom. The third kappa shape index (κ3) is 3.74. The van der Waals surface area contributed by atoms with Gasteiger partial charge in [-0.1, -0.05) is 0 Å². The van der Waals surface area contributed by atoms with Crippen molar-refractivity contribution in [1.82, 2.24) is 23.8 Å². The first-order valence-electron chi connectivity index (χ1n) is 8.04. The number of hydrogen-bond donors (Lipinski definition) is 5. The second kappa shape index (κ2) is 7.21. The quantitative estimate of drug-likeness (QED) is 0.308. The predicted molar refractivity (Wildman–Crippen MR) is 93.9 cm³/mol. The van der Waals surface area contributed by atoms with Gasteiger partial charge in [0.1, 0.15) is 18.8 Å². The number of nitrogens with zero attached hydrogens (tertiary/aromatic N) is 3. The number of aliphatic hydroxyl groups is 2. The Hall–Kier alpha value is -2.82. The second-order valence-corrected chi connectivity index (χ2v) is 8.09. The van der Waals surface area contributed by atoms with Crippen LogP contribution in [0, 0.1) is 0 Å². The van der Waals surface area contributed by atoms with E-state index >= 15 is 0 Å². The van der Waals surface area contributed by atoms with Crippen molar-refractivity contribution in [1.29, 1.82) is 0 Å². The molecule has 29 heavy (non-hydrogen) atoms. The van der Waals surface area contributed by atoms with Crippen molar-refractivity contribution in [3.8, 4) is 0 Å². The Morgan fingerprint density at radius 1 is 1.45 bits per heavy atom. The molecule has 3 heterocycles.